The van der Waals surface area contributed by atoms with Crippen LogP contribution in [0.1, 0.15) is 56.1 Å². The molecule has 3 heteroatoms. The lowest BCUT2D eigenvalue weighted by Gasteiger charge is -2.21. The van der Waals surface area contributed by atoms with Gasteiger partial charge in [0.25, 0.3) is 0 Å². The Morgan fingerprint density at radius 1 is 0.958 bits per heavy atom. The van der Waals surface area contributed by atoms with E-state index in [-0.39, 0.29) is 5.91 Å². The number of nitrogens with zero attached hydrogens (tertiary/aromatic N) is 1. The summed E-state index contributed by atoms with van der Waals surface area (Å²) in [4.78, 5) is 16.2. The van der Waals surface area contributed by atoms with Gasteiger partial charge >= 0.3 is 0 Å². The number of anilines is 1. The van der Waals surface area contributed by atoms with E-state index < -0.39 is 0 Å². The second-order valence-electron chi connectivity index (χ2n) is 6.82. The van der Waals surface area contributed by atoms with Crippen molar-refractivity contribution in [3.63, 3.8) is 0 Å². The topological polar surface area (TPSA) is 42.0 Å². The molecule has 0 radical (unpaired) electrons. The van der Waals surface area contributed by atoms with E-state index in [2.05, 4.69) is 22.4 Å². The highest BCUT2D eigenvalue weighted by Crippen LogP contribution is 2.27. The minimum atomic E-state index is 0.141. The highest BCUT2D eigenvalue weighted by molar-refractivity contribution is 5.90. The van der Waals surface area contributed by atoms with Crippen LogP contribution in [0.3, 0.4) is 0 Å². The second kappa shape index (κ2) is 8.62. The third kappa shape index (κ3) is 5.19. The summed E-state index contributed by atoms with van der Waals surface area (Å²) in [5.41, 5.74) is 3.37. The van der Waals surface area contributed by atoms with Crippen LogP contribution in [0.15, 0.2) is 48.8 Å². The number of benzene rings is 1. The van der Waals surface area contributed by atoms with Gasteiger partial charge in [-0.1, -0.05) is 44.2 Å². The van der Waals surface area contributed by atoms with Crippen LogP contribution in [0.4, 0.5) is 5.69 Å². The third-order valence-corrected chi connectivity index (χ3v) is 4.90. The number of aromatic nitrogens is 1. The molecule has 3 rings (SSSR count). The number of rotatable bonds is 6. The molecule has 0 bridgehead atoms. The largest absolute Gasteiger partial charge is 0.326 e. The first-order valence-corrected chi connectivity index (χ1v) is 9.07. The molecule has 0 atom stereocenters. The van der Waals surface area contributed by atoms with Crippen LogP contribution in [0.25, 0.3) is 0 Å². The lowest BCUT2D eigenvalue weighted by atomic mass is 9.86. The molecule has 0 spiro atoms. The second-order valence-corrected chi connectivity index (χ2v) is 6.82. The van der Waals surface area contributed by atoms with Crippen LogP contribution in [0, 0.1) is 5.92 Å². The normalized spacial score (nSPS) is 15.2. The molecule has 0 saturated heterocycles. The molecule has 24 heavy (non-hydrogen) atoms. The van der Waals surface area contributed by atoms with Crippen molar-refractivity contribution in [1.82, 2.24) is 4.98 Å². The monoisotopic (exact) mass is 322 g/mol. The smallest absolute Gasteiger partial charge is 0.224 e. The van der Waals surface area contributed by atoms with Crippen molar-refractivity contribution in [3.8, 4) is 0 Å². The minimum absolute atomic E-state index is 0.141. The molecule has 126 valence electrons. The highest BCUT2D eigenvalue weighted by Gasteiger charge is 2.14. The summed E-state index contributed by atoms with van der Waals surface area (Å²) in [6, 6.07) is 12.2. The number of amides is 1. The van der Waals surface area contributed by atoms with Crippen LogP contribution in [0.5, 0.6) is 0 Å². The van der Waals surface area contributed by atoms with Gasteiger partial charge in [0.05, 0.1) is 0 Å². The summed E-state index contributed by atoms with van der Waals surface area (Å²) in [7, 11) is 0. The van der Waals surface area contributed by atoms with Gasteiger partial charge in [0.2, 0.25) is 5.91 Å². The van der Waals surface area contributed by atoms with E-state index in [9.17, 15) is 4.79 Å². The number of hydrogen-bond acceptors (Lipinski definition) is 2. The zero-order valence-electron chi connectivity index (χ0n) is 14.2. The maximum atomic E-state index is 12.1. The molecule has 1 aromatic heterocycles. The summed E-state index contributed by atoms with van der Waals surface area (Å²) in [6.45, 7) is 0. The molecule has 1 aromatic carbocycles. The van der Waals surface area contributed by atoms with Crippen molar-refractivity contribution in [2.75, 3.05) is 5.32 Å². The van der Waals surface area contributed by atoms with E-state index >= 15 is 0 Å². The number of carbonyl (C=O) groups excluding carboxylic acids is 1. The predicted octanol–water partition coefficient (Wildman–Crippen LogP) is 4.97. The van der Waals surface area contributed by atoms with Gasteiger partial charge in [-0.05, 0) is 54.2 Å². The van der Waals surface area contributed by atoms with Crippen LogP contribution >= 0.6 is 0 Å². The van der Waals surface area contributed by atoms with Gasteiger partial charge < -0.3 is 5.32 Å². The molecule has 1 aliphatic rings. The SMILES string of the molecule is O=C(CCC1CCCCC1)Nc1ccc(Cc2ccncc2)cc1. The maximum absolute atomic E-state index is 12.1. The van der Waals surface area contributed by atoms with Crippen molar-refractivity contribution in [1.29, 1.82) is 0 Å². The molecule has 1 aliphatic carbocycles. The summed E-state index contributed by atoms with van der Waals surface area (Å²) < 4.78 is 0. The van der Waals surface area contributed by atoms with Crippen molar-refractivity contribution in [3.05, 3.63) is 59.9 Å². The lowest BCUT2D eigenvalue weighted by Crippen LogP contribution is -2.14. The van der Waals surface area contributed by atoms with Gasteiger partial charge in [-0.2, -0.15) is 0 Å². The average Bonchev–Trinajstić information content (AvgIpc) is 2.63. The Bertz CT molecular complexity index is 631. The molecule has 1 N–H and O–H groups in total. The molecule has 3 nitrogen and oxygen atoms in total. The summed E-state index contributed by atoms with van der Waals surface area (Å²) in [5, 5.41) is 3.02. The fourth-order valence-electron chi connectivity index (χ4n) is 3.48. The van der Waals surface area contributed by atoms with Gasteiger partial charge in [-0.3, -0.25) is 9.78 Å². The molecule has 1 fully saturated rings. The molecule has 2 aromatic rings. The van der Waals surface area contributed by atoms with Crippen LogP contribution in [0.2, 0.25) is 0 Å². The van der Waals surface area contributed by atoms with Crippen LogP contribution in [-0.2, 0) is 11.2 Å². The molecule has 1 saturated carbocycles. The first-order chi connectivity index (χ1) is 11.8. The third-order valence-electron chi connectivity index (χ3n) is 4.90. The summed E-state index contributed by atoms with van der Waals surface area (Å²) in [5.74, 6) is 0.898. The average molecular weight is 322 g/mol. The molecule has 1 amide bonds. The van der Waals surface area contributed by atoms with Gasteiger partial charge in [-0.25, -0.2) is 0 Å². The fraction of sp³-hybridized carbons (Fsp3) is 0.429. The van der Waals surface area contributed by atoms with E-state index in [1.54, 1.807) is 0 Å². The Labute approximate surface area is 144 Å². The van der Waals surface area contributed by atoms with Crippen molar-refractivity contribution < 1.29 is 4.79 Å². The quantitative estimate of drug-likeness (QED) is 0.815. The Balaban J connectivity index is 1.45. The minimum Gasteiger partial charge on any atom is -0.326 e. The van der Waals surface area contributed by atoms with Crippen molar-refractivity contribution in [2.45, 2.75) is 51.4 Å². The van der Waals surface area contributed by atoms with Gasteiger partial charge in [0, 0.05) is 24.5 Å². The van der Waals surface area contributed by atoms with Crippen LogP contribution < -0.4 is 5.32 Å². The van der Waals surface area contributed by atoms with E-state index in [0.717, 1.165) is 24.4 Å². The molecule has 0 unspecified atom stereocenters. The van der Waals surface area contributed by atoms with Gasteiger partial charge in [0.15, 0.2) is 0 Å². The summed E-state index contributed by atoms with van der Waals surface area (Å²) >= 11 is 0. The van der Waals surface area contributed by atoms with Gasteiger partial charge in [-0.15, -0.1) is 0 Å². The number of carbonyl (C=O) groups is 1. The highest BCUT2D eigenvalue weighted by atomic mass is 16.1. The molecule has 1 heterocycles. The van der Waals surface area contributed by atoms with E-state index in [0.29, 0.717) is 6.42 Å². The fourth-order valence-corrected chi connectivity index (χ4v) is 3.48. The lowest BCUT2D eigenvalue weighted by molar-refractivity contribution is -0.116. The Morgan fingerprint density at radius 2 is 1.62 bits per heavy atom. The maximum Gasteiger partial charge on any atom is 0.224 e. The first-order valence-electron chi connectivity index (χ1n) is 9.07. The zero-order chi connectivity index (χ0) is 16.6. The van der Waals surface area contributed by atoms with Crippen molar-refractivity contribution >= 4 is 11.6 Å². The zero-order valence-corrected chi connectivity index (χ0v) is 14.2. The van der Waals surface area contributed by atoms with Crippen molar-refractivity contribution in [2.24, 2.45) is 5.92 Å². The van der Waals surface area contributed by atoms with Gasteiger partial charge in [0.1, 0.15) is 0 Å². The van der Waals surface area contributed by atoms with Crippen LogP contribution in [-0.4, -0.2) is 10.9 Å². The number of hydrogen-bond donors (Lipinski definition) is 1. The summed E-state index contributed by atoms with van der Waals surface area (Å²) in [6.07, 6.45) is 12.8. The number of nitrogens with one attached hydrogen (secondary N) is 1. The Hall–Kier alpha value is -2.16. The Kier molecular flexibility index (Phi) is 6.00. The Morgan fingerprint density at radius 3 is 2.33 bits per heavy atom. The van der Waals surface area contributed by atoms with E-state index in [1.165, 1.54) is 43.2 Å². The van der Waals surface area contributed by atoms with E-state index in [4.69, 9.17) is 0 Å². The molecule has 0 aliphatic heterocycles. The predicted molar refractivity (Wildman–Crippen MR) is 97.9 cm³/mol. The molecular weight excluding hydrogens is 296 g/mol. The van der Waals surface area contributed by atoms with E-state index in [1.807, 2.05) is 36.7 Å². The standard InChI is InChI=1S/C21H26N2O/c24-21(11-8-17-4-2-1-3-5-17)23-20-9-6-18(7-10-20)16-19-12-14-22-15-13-19/h6-7,9-10,12-15,17H,1-5,8,11,16H2,(H,23,24). The first kappa shape index (κ1) is 16.7. The number of pyridine rings is 1. The molecular formula is C21H26N2O.